The third-order valence-electron chi connectivity index (χ3n) is 3.86. The molecule has 1 N–H and O–H groups in total. The Morgan fingerprint density at radius 3 is 2.94 bits per heavy atom. The monoisotopic (exact) mass is 247 g/mol. The van der Waals surface area contributed by atoms with Gasteiger partial charge < -0.3 is 10.1 Å². The Balaban J connectivity index is 1.83. The van der Waals surface area contributed by atoms with Crippen molar-refractivity contribution in [1.29, 1.82) is 0 Å². The molecule has 1 aliphatic rings. The van der Waals surface area contributed by atoms with Gasteiger partial charge in [0.05, 0.1) is 6.61 Å². The van der Waals surface area contributed by atoms with Crippen LogP contribution in [0.1, 0.15) is 44.7 Å². The first-order chi connectivity index (χ1) is 8.69. The van der Waals surface area contributed by atoms with Crippen LogP contribution < -0.4 is 10.1 Å². The molecule has 0 aliphatic carbocycles. The molecule has 0 radical (unpaired) electrons. The van der Waals surface area contributed by atoms with Gasteiger partial charge in [-0.15, -0.1) is 0 Å². The topological polar surface area (TPSA) is 21.3 Å². The van der Waals surface area contributed by atoms with E-state index < -0.39 is 0 Å². The molecule has 100 valence electrons. The van der Waals surface area contributed by atoms with Crippen LogP contribution in [0, 0.1) is 5.92 Å². The third kappa shape index (κ3) is 3.49. The number of nitrogens with one attached hydrogen (secondary N) is 1. The van der Waals surface area contributed by atoms with Crippen LogP contribution >= 0.6 is 0 Å². The van der Waals surface area contributed by atoms with Crippen molar-refractivity contribution in [2.45, 2.75) is 52.6 Å². The molecule has 0 bridgehead atoms. The lowest BCUT2D eigenvalue weighted by molar-refractivity contribution is 0.357. The van der Waals surface area contributed by atoms with Gasteiger partial charge in [-0.2, -0.15) is 0 Å². The zero-order chi connectivity index (χ0) is 13.0. The Kier molecular flexibility index (Phi) is 4.65. The zero-order valence-corrected chi connectivity index (χ0v) is 11.8. The molecular weight excluding hydrogens is 222 g/mol. The standard InChI is InChI=1S/C16H25NO/c1-4-12(2)9-13(3)17-11-14-5-6-16-15(10-14)7-8-18-16/h5-6,10,12-13,17H,4,7-9,11H2,1-3H3. The highest BCUT2D eigenvalue weighted by Crippen LogP contribution is 2.25. The molecule has 1 heterocycles. The summed E-state index contributed by atoms with van der Waals surface area (Å²) >= 11 is 0. The highest BCUT2D eigenvalue weighted by atomic mass is 16.5. The van der Waals surface area contributed by atoms with Crippen molar-refractivity contribution in [3.05, 3.63) is 29.3 Å². The van der Waals surface area contributed by atoms with Crippen molar-refractivity contribution in [3.8, 4) is 5.75 Å². The summed E-state index contributed by atoms with van der Waals surface area (Å²) in [6.45, 7) is 8.67. The van der Waals surface area contributed by atoms with Gasteiger partial charge in [0, 0.05) is 19.0 Å². The summed E-state index contributed by atoms with van der Waals surface area (Å²) in [4.78, 5) is 0. The number of hydrogen-bond acceptors (Lipinski definition) is 2. The Morgan fingerprint density at radius 1 is 1.33 bits per heavy atom. The van der Waals surface area contributed by atoms with Gasteiger partial charge in [0.25, 0.3) is 0 Å². The summed E-state index contributed by atoms with van der Waals surface area (Å²) in [7, 11) is 0. The lowest BCUT2D eigenvalue weighted by Gasteiger charge is -2.17. The average molecular weight is 247 g/mol. The summed E-state index contributed by atoms with van der Waals surface area (Å²) in [6.07, 6.45) is 3.58. The molecule has 2 nitrogen and oxygen atoms in total. The first kappa shape index (κ1) is 13.4. The van der Waals surface area contributed by atoms with Crippen LogP contribution in [0.15, 0.2) is 18.2 Å². The smallest absolute Gasteiger partial charge is 0.122 e. The van der Waals surface area contributed by atoms with E-state index in [-0.39, 0.29) is 0 Å². The molecule has 0 amide bonds. The van der Waals surface area contributed by atoms with Crippen molar-refractivity contribution >= 4 is 0 Å². The van der Waals surface area contributed by atoms with E-state index in [1.807, 2.05) is 0 Å². The zero-order valence-electron chi connectivity index (χ0n) is 11.8. The van der Waals surface area contributed by atoms with Crippen LogP contribution in [-0.4, -0.2) is 12.6 Å². The predicted octanol–water partition coefficient (Wildman–Crippen LogP) is 3.54. The van der Waals surface area contributed by atoms with Gasteiger partial charge in [-0.3, -0.25) is 0 Å². The van der Waals surface area contributed by atoms with Gasteiger partial charge in [-0.05, 0) is 36.5 Å². The Labute approximate surface area is 111 Å². The summed E-state index contributed by atoms with van der Waals surface area (Å²) in [6, 6.07) is 7.15. The Hall–Kier alpha value is -1.02. The molecule has 0 aromatic heterocycles. The second-order valence-corrected chi connectivity index (χ2v) is 5.57. The fourth-order valence-corrected chi connectivity index (χ4v) is 2.50. The van der Waals surface area contributed by atoms with Crippen molar-refractivity contribution in [3.63, 3.8) is 0 Å². The predicted molar refractivity (Wildman–Crippen MR) is 76.0 cm³/mol. The van der Waals surface area contributed by atoms with E-state index in [4.69, 9.17) is 4.74 Å². The van der Waals surface area contributed by atoms with Crippen LogP contribution in [-0.2, 0) is 13.0 Å². The molecule has 1 aliphatic heterocycles. The van der Waals surface area contributed by atoms with Crippen LogP contribution in [0.25, 0.3) is 0 Å². The van der Waals surface area contributed by atoms with E-state index in [1.165, 1.54) is 24.0 Å². The van der Waals surface area contributed by atoms with E-state index in [0.717, 1.165) is 31.2 Å². The van der Waals surface area contributed by atoms with Crippen molar-refractivity contribution in [2.75, 3.05) is 6.61 Å². The molecule has 2 atom stereocenters. The summed E-state index contributed by atoms with van der Waals surface area (Å²) in [5, 5.41) is 3.61. The lowest BCUT2D eigenvalue weighted by Crippen LogP contribution is -2.27. The summed E-state index contributed by atoms with van der Waals surface area (Å²) < 4.78 is 5.53. The van der Waals surface area contributed by atoms with Crippen molar-refractivity contribution in [2.24, 2.45) is 5.92 Å². The van der Waals surface area contributed by atoms with Crippen LogP contribution in [0.2, 0.25) is 0 Å². The van der Waals surface area contributed by atoms with Crippen molar-refractivity contribution < 1.29 is 4.74 Å². The van der Waals surface area contributed by atoms with Gasteiger partial charge in [-0.1, -0.05) is 32.4 Å². The number of benzene rings is 1. The fraction of sp³-hybridized carbons (Fsp3) is 0.625. The molecule has 0 spiro atoms. The molecule has 18 heavy (non-hydrogen) atoms. The highest BCUT2D eigenvalue weighted by molar-refractivity contribution is 5.39. The fourth-order valence-electron chi connectivity index (χ4n) is 2.50. The highest BCUT2D eigenvalue weighted by Gasteiger charge is 2.12. The molecule has 1 aromatic carbocycles. The van der Waals surface area contributed by atoms with Crippen LogP contribution in [0.4, 0.5) is 0 Å². The molecule has 0 saturated carbocycles. The molecule has 0 fully saturated rings. The van der Waals surface area contributed by atoms with E-state index in [2.05, 4.69) is 44.3 Å². The number of ether oxygens (including phenoxy) is 1. The minimum Gasteiger partial charge on any atom is -0.493 e. The lowest BCUT2D eigenvalue weighted by atomic mass is 10.00. The maximum absolute atomic E-state index is 5.53. The van der Waals surface area contributed by atoms with Gasteiger partial charge >= 0.3 is 0 Å². The molecular formula is C16H25NO. The maximum Gasteiger partial charge on any atom is 0.122 e. The molecule has 2 rings (SSSR count). The molecule has 2 heteroatoms. The second-order valence-electron chi connectivity index (χ2n) is 5.57. The first-order valence-corrected chi connectivity index (χ1v) is 7.17. The average Bonchev–Trinajstić information content (AvgIpc) is 2.83. The van der Waals surface area contributed by atoms with Crippen molar-refractivity contribution in [1.82, 2.24) is 5.32 Å². The number of fused-ring (bicyclic) bond motifs is 1. The van der Waals surface area contributed by atoms with E-state index in [0.29, 0.717) is 6.04 Å². The summed E-state index contributed by atoms with van der Waals surface area (Å²) in [5.74, 6) is 1.88. The van der Waals surface area contributed by atoms with Gasteiger partial charge in [-0.25, -0.2) is 0 Å². The summed E-state index contributed by atoms with van der Waals surface area (Å²) in [5.41, 5.74) is 2.74. The first-order valence-electron chi connectivity index (χ1n) is 7.17. The maximum atomic E-state index is 5.53. The van der Waals surface area contributed by atoms with Gasteiger partial charge in [0.1, 0.15) is 5.75 Å². The normalized spacial score (nSPS) is 17.1. The number of hydrogen-bond donors (Lipinski definition) is 1. The quantitative estimate of drug-likeness (QED) is 0.830. The Morgan fingerprint density at radius 2 is 2.17 bits per heavy atom. The number of rotatable bonds is 6. The van der Waals surface area contributed by atoms with Crippen LogP contribution in [0.3, 0.4) is 0 Å². The van der Waals surface area contributed by atoms with Crippen LogP contribution in [0.5, 0.6) is 5.75 Å². The van der Waals surface area contributed by atoms with E-state index >= 15 is 0 Å². The van der Waals surface area contributed by atoms with E-state index in [1.54, 1.807) is 0 Å². The van der Waals surface area contributed by atoms with Gasteiger partial charge in [0.15, 0.2) is 0 Å². The van der Waals surface area contributed by atoms with E-state index in [9.17, 15) is 0 Å². The minimum atomic E-state index is 0.587. The largest absolute Gasteiger partial charge is 0.493 e. The second kappa shape index (κ2) is 6.24. The molecule has 1 aromatic rings. The molecule has 2 unspecified atom stereocenters. The molecule has 0 saturated heterocycles. The minimum absolute atomic E-state index is 0.587. The third-order valence-corrected chi connectivity index (χ3v) is 3.86. The SMILES string of the molecule is CCC(C)CC(C)NCc1ccc2c(c1)CCO2. The Bertz CT molecular complexity index is 389. The van der Waals surface area contributed by atoms with Gasteiger partial charge in [0.2, 0.25) is 0 Å².